The smallest absolute Gasteiger partial charge is 0.292 e. The van der Waals surface area contributed by atoms with E-state index in [1.807, 2.05) is 0 Å². The Hall–Kier alpha value is -2.11. The SMILES string of the molecule is CC(=O)N1CCc2c(sc(NC(=O)c3ccc(Br)o3)c2C#N)C1. The summed E-state index contributed by atoms with van der Waals surface area (Å²) in [7, 11) is 0. The first-order valence-corrected chi connectivity index (χ1v) is 8.47. The summed E-state index contributed by atoms with van der Waals surface area (Å²) in [5.74, 6) is -0.236. The molecule has 1 aliphatic rings. The molecule has 1 N–H and O–H groups in total. The molecule has 0 saturated carbocycles. The van der Waals surface area contributed by atoms with Crippen molar-refractivity contribution in [2.75, 3.05) is 11.9 Å². The summed E-state index contributed by atoms with van der Waals surface area (Å²) in [6.45, 7) is 2.60. The topological polar surface area (TPSA) is 86.3 Å². The summed E-state index contributed by atoms with van der Waals surface area (Å²) >= 11 is 4.48. The number of thiophene rings is 1. The molecule has 2 aromatic rings. The van der Waals surface area contributed by atoms with Gasteiger partial charge in [-0.1, -0.05) is 0 Å². The first-order chi connectivity index (χ1) is 11.0. The highest BCUT2D eigenvalue weighted by atomic mass is 79.9. The second-order valence-corrected chi connectivity index (χ2v) is 6.95. The van der Waals surface area contributed by atoms with Crippen LogP contribution in [-0.4, -0.2) is 23.3 Å². The van der Waals surface area contributed by atoms with Crippen LogP contribution in [0.4, 0.5) is 5.00 Å². The molecule has 118 valence electrons. The maximum atomic E-state index is 12.2. The number of fused-ring (bicyclic) bond motifs is 1. The fraction of sp³-hybridized carbons (Fsp3) is 0.267. The predicted octanol–water partition coefficient (Wildman–Crippen LogP) is 3.13. The lowest BCUT2D eigenvalue weighted by Crippen LogP contribution is -2.33. The first kappa shape index (κ1) is 15.8. The molecular formula is C15H12BrN3O3S. The van der Waals surface area contributed by atoms with Gasteiger partial charge < -0.3 is 14.6 Å². The van der Waals surface area contributed by atoms with E-state index in [4.69, 9.17) is 4.42 Å². The Balaban J connectivity index is 1.88. The largest absolute Gasteiger partial charge is 0.444 e. The van der Waals surface area contributed by atoms with Crippen molar-refractivity contribution >= 4 is 44.1 Å². The number of carbonyl (C=O) groups excluding carboxylic acids is 2. The van der Waals surface area contributed by atoms with E-state index in [1.54, 1.807) is 17.0 Å². The zero-order chi connectivity index (χ0) is 16.6. The molecular weight excluding hydrogens is 382 g/mol. The van der Waals surface area contributed by atoms with Gasteiger partial charge in [0, 0.05) is 18.3 Å². The third-order valence-electron chi connectivity index (χ3n) is 3.64. The molecule has 8 heteroatoms. The van der Waals surface area contributed by atoms with E-state index in [0.29, 0.717) is 34.7 Å². The van der Waals surface area contributed by atoms with Gasteiger partial charge in [0.05, 0.1) is 12.1 Å². The van der Waals surface area contributed by atoms with E-state index in [0.717, 1.165) is 10.4 Å². The van der Waals surface area contributed by atoms with Crippen LogP contribution in [0.2, 0.25) is 0 Å². The maximum absolute atomic E-state index is 12.2. The highest BCUT2D eigenvalue weighted by molar-refractivity contribution is 9.10. The molecule has 1 aliphatic heterocycles. The molecule has 0 radical (unpaired) electrons. The van der Waals surface area contributed by atoms with Crippen molar-refractivity contribution < 1.29 is 14.0 Å². The van der Waals surface area contributed by atoms with Crippen molar-refractivity contribution in [1.82, 2.24) is 4.90 Å². The molecule has 3 rings (SSSR count). The molecule has 6 nitrogen and oxygen atoms in total. The van der Waals surface area contributed by atoms with Crippen LogP contribution in [0.1, 0.15) is 33.5 Å². The van der Waals surface area contributed by atoms with E-state index >= 15 is 0 Å². The number of nitriles is 1. The van der Waals surface area contributed by atoms with Gasteiger partial charge in [-0.2, -0.15) is 5.26 Å². The fourth-order valence-corrected chi connectivity index (χ4v) is 3.99. The molecule has 3 heterocycles. The number of amides is 2. The lowest BCUT2D eigenvalue weighted by Gasteiger charge is -2.25. The average Bonchev–Trinajstić information content (AvgIpc) is 3.09. The van der Waals surface area contributed by atoms with Crippen molar-refractivity contribution in [2.45, 2.75) is 19.9 Å². The highest BCUT2D eigenvalue weighted by Gasteiger charge is 2.26. The van der Waals surface area contributed by atoms with Crippen LogP contribution in [0, 0.1) is 11.3 Å². The number of hydrogen-bond acceptors (Lipinski definition) is 5. The summed E-state index contributed by atoms with van der Waals surface area (Å²) in [5.41, 5.74) is 1.40. The van der Waals surface area contributed by atoms with E-state index in [-0.39, 0.29) is 11.7 Å². The number of rotatable bonds is 2. The number of nitrogens with zero attached hydrogens (tertiary/aromatic N) is 2. The van der Waals surface area contributed by atoms with E-state index in [9.17, 15) is 14.9 Å². The van der Waals surface area contributed by atoms with E-state index in [1.165, 1.54) is 18.3 Å². The van der Waals surface area contributed by atoms with Crippen LogP contribution >= 0.6 is 27.3 Å². The number of halogens is 1. The van der Waals surface area contributed by atoms with Crippen LogP contribution in [-0.2, 0) is 17.8 Å². The van der Waals surface area contributed by atoms with Gasteiger partial charge in [0.2, 0.25) is 5.91 Å². The van der Waals surface area contributed by atoms with Crippen LogP contribution in [0.25, 0.3) is 0 Å². The van der Waals surface area contributed by atoms with Gasteiger partial charge in [0.25, 0.3) is 5.91 Å². The van der Waals surface area contributed by atoms with Crippen LogP contribution in [0.3, 0.4) is 0 Å². The molecule has 2 amide bonds. The third-order valence-corrected chi connectivity index (χ3v) is 5.20. The van der Waals surface area contributed by atoms with Gasteiger partial charge in [-0.05, 0) is 40.0 Å². The third kappa shape index (κ3) is 3.02. The van der Waals surface area contributed by atoms with E-state index < -0.39 is 5.91 Å². The van der Waals surface area contributed by atoms with Gasteiger partial charge in [-0.3, -0.25) is 9.59 Å². The molecule has 0 unspecified atom stereocenters. The summed E-state index contributed by atoms with van der Waals surface area (Å²) in [5, 5.41) is 12.7. The number of anilines is 1. The lowest BCUT2D eigenvalue weighted by atomic mass is 10.0. The summed E-state index contributed by atoms with van der Waals surface area (Å²) < 4.78 is 5.68. The average molecular weight is 394 g/mol. The fourth-order valence-electron chi connectivity index (χ4n) is 2.48. The minimum atomic E-state index is -0.408. The van der Waals surface area contributed by atoms with Gasteiger partial charge in [0.15, 0.2) is 10.4 Å². The Bertz CT molecular complexity index is 834. The molecule has 0 aromatic carbocycles. The molecule has 2 aromatic heterocycles. The Labute approximate surface area is 144 Å². The molecule has 0 spiro atoms. The van der Waals surface area contributed by atoms with Crippen LogP contribution < -0.4 is 5.32 Å². The Morgan fingerprint density at radius 2 is 2.26 bits per heavy atom. The van der Waals surface area contributed by atoms with Gasteiger partial charge in [-0.25, -0.2) is 0 Å². The Morgan fingerprint density at radius 1 is 1.48 bits per heavy atom. The molecule has 0 bridgehead atoms. The van der Waals surface area contributed by atoms with Crippen LogP contribution in [0.5, 0.6) is 0 Å². The van der Waals surface area contributed by atoms with Crippen molar-refractivity contribution in [3.8, 4) is 6.07 Å². The molecule has 0 atom stereocenters. The predicted molar refractivity (Wildman–Crippen MR) is 88.2 cm³/mol. The van der Waals surface area contributed by atoms with Gasteiger partial charge in [-0.15, -0.1) is 11.3 Å². The van der Waals surface area contributed by atoms with E-state index in [2.05, 4.69) is 27.3 Å². The molecule has 23 heavy (non-hydrogen) atoms. The number of nitrogens with one attached hydrogen (secondary N) is 1. The molecule has 0 fully saturated rings. The second kappa shape index (κ2) is 6.18. The highest BCUT2D eigenvalue weighted by Crippen LogP contribution is 2.37. The maximum Gasteiger partial charge on any atom is 0.292 e. The summed E-state index contributed by atoms with van der Waals surface area (Å²) in [4.78, 5) is 26.4. The monoisotopic (exact) mass is 393 g/mol. The number of hydrogen-bond donors (Lipinski definition) is 1. The quantitative estimate of drug-likeness (QED) is 0.848. The molecule has 0 aliphatic carbocycles. The minimum absolute atomic E-state index is 0.00794. The standard InChI is InChI=1S/C15H12BrN3O3S/c1-8(20)19-5-4-9-10(6-17)15(23-12(9)7-19)18-14(21)11-2-3-13(16)22-11/h2-3H,4-5,7H2,1H3,(H,18,21). The molecule has 0 saturated heterocycles. The minimum Gasteiger partial charge on any atom is -0.444 e. The Morgan fingerprint density at radius 3 is 2.87 bits per heavy atom. The van der Waals surface area contributed by atoms with Gasteiger partial charge >= 0.3 is 0 Å². The Kier molecular flexibility index (Phi) is 4.24. The lowest BCUT2D eigenvalue weighted by molar-refractivity contribution is -0.129. The normalized spacial score (nSPS) is 13.3. The van der Waals surface area contributed by atoms with Crippen molar-refractivity contribution in [3.05, 3.63) is 38.6 Å². The van der Waals surface area contributed by atoms with Crippen LogP contribution in [0.15, 0.2) is 21.2 Å². The summed E-state index contributed by atoms with van der Waals surface area (Å²) in [6.07, 6.45) is 0.622. The van der Waals surface area contributed by atoms with Crippen molar-refractivity contribution in [2.24, 2.45) is 0 Å². The first-order valence-electron chi connectivity index (χ1n) is 6.86. The number of carbonyl (C=O) groups is 2. The zero-order valence-corrected chi connectivity index (χ0v) is 14.6. The summed E-state index contributed by atoms with van der Waals surface area (Å²) in [6, 6.07) is 5.34. The van der Waals surface area contributed by atoms with Gasteiger partial charge in [0.1, 0.15) is 11.1 Å². The second-order valence-electron chi connectivity index (χ2n) is 5.07. The number of furan rings is 1. The van der Waals surface area contributed by atoms with Crippen molar-refractivity contribution in [3.63, 3.8) is 0 Å². The zero-order valence-electron chi connectivity index (χ0n) is 12.2. The van der Waals surface area contributed by atoms with Crippen molar-refractivity contribution in [1.29, 1.82) is 5.26 Å².